The Hall–Kier alpha value is -2.54. The Morgan fingerprint density at radius 1 is 1.00 bits per heavy atom. The van der Waals surface area contributed by atoms with Gasteiger partial charge in [-0.2, -0.15) is 0 Å². The van der Waals surface area contributed by atoms with Crippen LogP contribution in [0, 0.1) is 17.5 Å². The first-order valence-corrected chi connectivity index (χ1v) is 9.19. The summed E-state index contributed by atoms with van der Waals surface area (Å²) in [6.45, 7) is 5.41. The zero-order valence-corrected chi connectivity index (χ0v) is 15.9. The van der Waals surface area contributed by atoms with Crippen LogP contribution in [0.3, 0.4) is 0 Å². The third-order valence-corrected chi connectivity index (χ3v) is 4.98. The highest BCUT2D eigenvalue weighted by molar-refractivity contribution is 5.78. The van der Waals surface area contributed by atoms with Gasteiger partial charge in [-0.1, -0.05) is 12.1 Å². The van der Waals surface area contributed by atoms with Gasteiger partial charge in [-0.15, -0.1) is 0 Å². The molecule has 0 saturated carbocycles. The highest BCUT2D eigenvalue weighted by atomic mass is 19.1. The molecule has 1 aliphatic heterocycles. The van der Waals surface area contributed by atoms with Crippen LogP contribution in [0.1, 0.15) is 19.4 Å². The second-order valence-corrected chi connectivity index (χ2v) is 7.16. The van der Waals surface area contributed by atoms with Crippen molar-refractivity contribution in [2.24, 2.45) is 0 Å². The van der Waals surface area contributed by atoms with Gasteiger partial charge >= 0.3 is 0 Å². The lowest BCUT2D eigenvalue weighted by Gasteiger charge is -2.44. The summed E-state index contributed by atoms with van der Waals surface area (Å²) in [4.78, 5) is 16.5. The van der Waals surface area contributed by atoms with Crippen LogP contribution < -0.4 is 4.74 Å². The molecule has 0 N–H and O–H groups in total. The fourth-order valence-electron chi connectivity index (χ4n) is 3.40. The zero-order valence-electron chi connectivity index (χ0n) is 15.9. The minimum absolute atomic E-state index is 0.0647. The number of ether oxygens (including phenoxy) is 1. The van der Waals surface area contributed by atoms with Crippen LogP contribution in [-0.2, 0) is 11.3 Å². The minimum atomic E-state index is -0.709. The molecule has 0 unspecified atom stereocenters. The lowest BCUT2D eigenvalue weighted by atomic mass is 10.1. The van der Waals surface area contributed by atoms with Gasteiger partial charge in [0.05, 0.1) is 0 Å². The Balaban J connectivity index is 1.57. The molecular weight excluding hydrogens is 369 g/mol. The second kappa shape index (κ2) is 8.65. The zero-order chi connectivity index (χ0) is 20.3. The van der Waals surface area contributed by atoms with Gasteiger partial charge in [0.25, 0.3) is 5.91 Å². The van der Waals surface area contributed by atoms with Crippen molar-refractivity contribution >= 4 is 5.91 Å². The van der Waals surface area contributed by atoms with Crippen molar-refractivity contribution in [2.75, 3.05) is 19.7 Å². The van der Waals surface area contributed by atoms with Crippen molar-refractivity contribution in [3.05, 3.63) is 65.5 Å². The summed E-state index contributed by atoms with van der Waals surface area (Å²) in [5.74, 6) is -2.15. The second-order valence-electron chi connectivity index (χ2n) is 7.16. The number of piperazine rings is 1. The Morgan fingerprint density at radius 3 is 2.39 bits per heavy atom. The monoisotopic (exact) mass is 392 g/mol. The van der Waals surface area contributed by atoms with Crippen LogP contribution in [0.25, 0.3) is 0 Å². The molecule has 150 valence electrons. The van der Waals surface area contributed by atoms with Crippen LogP contribution in [0.4, 0.5) is 13.2 Å². The molecule has 2 aromatic carbocycles. The van der Waals surface area contributed by atoms with Gasteiger partial charge in [0, 0.05) is 37.8 Å². The molecule has 0 aromatic heterocycles. The van der Waals surface area contributed by atoms with Crippen molar-refractivity contribution in [1.82, 2.24) is 9.80 Å². The highest BCUT2D eigenvalue weighted by Gasteiger charge is 2.32. The summed E-state index contributed by atoms with van der Waals surface area (Å²) in [7, 11) is 0. The molecule has 4 nitrogen and oxygen atoms in total. The average molecular weight is 392 g/mol. The summed E-state index contributed by atoms with van der Waals surface area (Å²) in [6.07, 6.45) is 0. The van der Waals surface area contributed by atoms with Gasteiger partial charge in [-0.3, -0.25) is 9.69 Å². The normalized spacial score (nSPS) is 20.2. The number of carbonyl (C=O) groups excluding carboxylic acids is 1. The third-order valence-electron chi connectivity index (χ3n) is 4.98. The number of carbonyl (C=O) groups is 1. The maximum Gasteiger partial charge on any atom is 0.260 e. The van der Waals surface area contributed by atoms with E-state index in [1.165, 1.54) is 12.1 Å². The molecular formula is C21H23F3N2O2. The Kier molecular flexibility index (Phi) is 6.24. The van der Waals surface area contributed by atoms with Gasteiger partial charge < -0.3 is 9.64 Å². The highest BCUT2D eigenvalue weighted by Crippen LogP contribution is 2.21. The first-order valence-electron chi connectivity index (χ1n) is 9.19. The van der Waals surface area contributed by atoms with E-state index in [0.29, 0.717) is 19.6 Å². The molecule has 0 aliphatic carbocycles. The maximum atomic E-state index is 13.6. The van der Waals surface area contributed by atoms with Crippen LogP contribution >= 0.6 is 0 Å². The first kappa shape index (κ1) is 20.2. The lowest BCUT2D eigenvalue weighted by Crippen LogP contribution is -2.58. The summed E-state index contributed by atoms with van der Waals surface area (Å²) in [5, 5.41) is 0. The van der Waals surface area contributed by atoms with E-state index in [4.69, 9.17) is 4.74 Å². The standard InChI is InChI=1S/C21H23F3N2O2/c1-14-11-26(21(27)13-28-20-9-18(23)7-8-19(20)24)15(2)10-25(14)12-16-3-5-17(22)6-4-16/h3-9,14-15H,10-13H2,1-2H3/t14-,15+/m0/s1. The fourth-order valence-corrected chi connectivity index (χ4v) is 3.40. The van der Waals surface area contributed by atoms with Crippen molar-refractivity contribution in [2.45, 2.75) is 32.5 Å². The van der Waals surface area contributed by atoms with Crippen molar-refractivity contribution in [3.8, 4) is 5.75 Å². The van der Waals surface area contributed by atoms with E-state index in [2.05, 4.69) is 4.90 Å². The van der Waals surface area contributed by atoms with Crippen molar-refractivity contribution < 1.29 is 22.7 Å². The number of hydrogen-bond acceptors (Lipinski definition) is 3. The van der Waals surface area contributed by atoms with E-state index in [1.807, 2.05) is 13.8 Å². The number of nitrogens with zero attached hydrogens (tertiary/aromatic N) is 2. The average Bonchev–Trinajstić information content (AvgIpc) is 2.66. The molecule has 28 heavy (non-hydrogen) atoms. The number of amides is 1. The molecule has 1 amide bonds. The van der Waals surface area contributed by atoms with Gasteiger partial charge in [-0.05, 0) is 43.7 Å². The first-order chi connectivity index (χ1) is 13.3. The van der Waals surface area contributed by atoms with Gasteiger partial charge in [-0.25, -0.2) is 13.2 Å². The molecule has 0 bridgehead atoms. The van der Waals surface area contributed by atoms with Gasteiger partial charge in [0.15, 0.2) is 18.2 Å². The van der Waals surface area contributed by atoms with E-state index in [9.17, 15) is 18.0 Å². The lowest BCUT2D eigenvalue weighted by molar-refractivity contribution is -0.139. The summed E-state index contributed by atoms with van der Waals surface area (Å²) >= 11 is 0. The van der Waals surface area contributed by atoms with Crippen molar-refractivity contribution in [1.29, 1.82) is 0 Å². The van der Waals surface area contributed by atoms with Crippen LogP contribution in [0.5, 0.6) is 5.75 Å². The van der Waals surface area contributed by atoms with Crippen molar-refractivity contribution in [3.63, 3.8) is 0 Å². The molecule has 0 spiro atoms. The van der Waals surface area contributed by atoms with Gasteiger partial charge in [0.1, 0.15) is 11.6 Å². The van der Waals surface area contributed by atoms with E-state index >= 15 is 0 Å². The van der Waals surface area contributed by atoms with E-state index in [-0.39, 0.29) is 36.2 Å². The Morgan fingerprint density at radius 2 is 1.68 bits per heavy atom. The molecule has 7 heteroatoms. The predicted octanol–water partition coefficient (Wildman–Crippen LogP) is 3.60. The van der Waals surface area contributed by atoms with Gasteiger partial charge in [0.2, 0.25) is 0 Å². The Bertz CT molecular complexity index is 829. The number of benzene rings is 2. The maximum absolute atomic E-state index is 13.6. The molecule has 1 aliphatic rings. The van der Waals surface area contributed by atoms with Crippen LogP contribution in [-0.4, -0.2) is 47.5 Å². The topological polar surface area (TPSA) is 32.8 Å². The molecule has 1 saturated heterocycles. The molecule has 2 aromatic rings. The summed E-state index contributed by atoms with van der Waals surface area (Å²) in [6, 6.07) is 9.30. The largest absolute Gasteiger partial charge is 0.481 e. The van der Waals surface area contributed by atoms with Crippen LogP contribution in [0.2, 0.25) is 0 Å². The van der Waals surface area contributed by atoms with E-state index < -0.39 is 11.6 Å². The SMILES string of the molecule is C[C@@H]1CN(Cc2ccc(F)cc2)[C@@H](C)CN1C(=O)COc1cc(F)ccc1F. The molecule has 1 heterocycles. The quantitative estimate of drug-likeness (QED) is 0.780. The summed E-state index contributed by atoms with van der Waals surface area (Å²) in [5.41, 5.74) is 1.00. The molecule has 2 atom stereocenters. The minimum Gasteiger partial charge on any atom is -0.481 e. The number of halogens is 3. The number of rotatable bonds is 5. The molecule has 0 radical (unpaired) electrons. The Labute approximate surface area is 162 Å². The molecule has 1 fully saturated rings. The predicted molar refractivity (Wildman–Crippen MR) is 99.3 cm³/mol. The summed E-state index contributed by atoms with van der Waals surface area (Å²) < 4.78 is 45.1. The van der Waals surface area contributed by atoms with Crippen LogP contribution in [0.15, 0.2) is 42.5 Å². The fraction of sp³-hybridized carbons (Fsp3) is 0.381. The van der Waals surface area contributed by atoms with E-state index in [1.54, 1.807) is 17.0 Å². The molecule has 3 rings (SSSR count). The third kappa shape index (κ3) is 4.84. The smallest absolute Gasteiger partial charge is 0.260 e. The van der Waals surface area contributed by atoms with E-state index in [0.717, 1.165) is 23.8 Å². The number of hydrogen-bond donors (Lipinski definition) is 0.